The van der Waals surface area contributed by atoms with Gasteiger partial charge in [0.2, 0.25) is 5.91 Å². The van der Waals surface area contributed by atoms with Crippen LogP contribution in [0, 0.1) is 5.92 Å². The molecule has 17 heavy (non-hydrogen) atoms. The lowest BCUT2D eigenvalue weighted by Crippen LogP contribution is -2.50. The van der Waals surface area contributed by atoms with Gasteiger partial charge in [-0.1, -0.05) is 20.3 Å². The number of hydrogen-bond acceptors (Lipinski definition) is 3. The molecule has 100 valence electrons. The molecule has 0 radical (unpaired) electrons. The van der Waals surface area contributed by atoms with Gasteiger partial charge in [-0.25, -0.2) is 0 Å². The topological polar surface area (TPSA) is 64.4 Å². The molecule has 0 aromatic carbocycles. The first-order valence-electron chi connectivity index (χ1n) is 6.33. The van der Waals surface area contributed by atoms with Crippen LogP contribution in [-0.2, 0) is 9.53 Å². The number of nitrogens with two attached hydrogens (primary N) is 1. The van der Waals surface area contributed by atoms with Crippen LogP contribution < -0.4 is 11.1 Å². The Morgan fingerprint density at radius 1 is 1.53 bits per heavy atom. The molecule has 4 nitrogen and oxygen atoms in total. The summed E-state index contributed by atoms with van der Waals surface area (Å²) < 4.78 is 5.70. The summed E-state index contributed by atoms with van der Waals surface area (Å²) in [6.45, 7) is 4.07. The Bertz CT molecular complexity index is 275. The van der Waals surface area contributed by atoms with Gasteiger partial charge in [0.05, 0.1) is 24.3 Å². The van der Waals surface area contributed by atoms with Gasteiger partial charge in [0.25, 0.3) is 0 Å². The Morgan fingerprint density at radius 2 is 2.24 bits per heavy atom. The maximum atomic E-state index is 11.9. The average molecular weight is 263 g/mol. The van der Waals surface area contributed by atoms with E-state index < -0.39 is 0 Å². The van der Waals surface area contributed by atoms with E-state index in [0.717, 1.165) is 25.7 Å². The molecule has 0 spiro atoms. The van der Waals surface area contributed by atoms with Gasteiger partial charge >= 0.3 is 0 Å². The first kappa shape index (κ1) is 14.7. The highest BCUT2D eigenvalue weighted by atomic mass is 35.5. The molecule has 2 aliphatic rings. The summed E-state index contributed by atoms with van der Waals surface area (Å²) in [7, 11) is 0. The third-order valence-electron chi connectivity index (χ3n) is 3.99. The van der Waals surface area contributed by atoms with Crippen molar-refractivity contribution in [2.45, 2.75) is 63.8 Å². The van der Waals surface area contributed by atoms with E-state index in [-0.39, 0.29) is 42.4 Å². The van der Waals surface area contributed by atoms with Crippen molar-refractivity contribution in [1.82, 2.24) is 5.32 Å². The van der Waals surface area contributed by atoms with Crippen molar-refractivity contribution in [3.8, 4) is 0 Å². The lowest BCUT2D eigenvalue weighted by molar-refractivity contribution is -0.124. The maximum Gasteiger partial charge on any atom is 0.237 e. The fraction of sp³-hybridized carbons (Fsp3) is 0.917. The lowest BCUT2D eigenvalue weighted by Gasteiger charge is -2.24. The molecule has 2 fully saturated rings. The number of carbonyl (C=O) groups excluding carboxylic acids is 1. The molecule has 2 aliphatic heterocycles. The van der Waals surface area contributed by atoms with Gasteiger partial charge in [0, 0.05) is 0 Å². The number of hydrogen-bond donors (Lipinski definition) is 2. The molecule has 5 heteroatoms. The standard InChI is InChI=1S/C12H22N2O2.ClH/c1-3-7(2)11(13)12(15)14-9-6-8-4-5-10(9)16-8;/h7-11H,3-6,13H2,1-2H3,(H,14,15);1H. The molecule has 2 saturated heterocycles. The van der Waals surface area contributed by atoms with Gasteiger partial charge in [-0.2, -0.15) is 0 Å². The number of ether oxygens (including phenoxy) is 1. The summed E-state index contributed by atoms with van der Waals surface area (Å²) in [5, 5.41) is 3.04. The van der Waals surface area contributed by atoms with Crippen LogP contribution in [0.2, 0.25) is 0 Å². The van der Waals surface area contributed by atoms with Crippen molar-refractivity contribution in [3.63, 3.8) is 0 Å². The van der Waals surface area contributed by atoms with Crippen LogP contribution in [0.5, 0.6) is 0 Å². The Morgan fingerprint density at radius 3 is 2.71 bits per heavy atom. The SMILES string of the molecule is CCC(C)C(N)C(=O)NC1CC2CCC1O2.Cl. The number of fused-ring (bicyclic) bond motifs is 2. The molecule has 5 atom stereocenters. The fourth-order valence-corrected chi connectivity index (χ4v) is 2.58. The average Bonchev–Trinajstić information content (AvgIpc) is 2.88. The molecule has 2 bridgehead atoms. The van der Waals surface area contributed by atoms with Crippen molar-refractivity contribution in [3.05, 3.63) is 0 Å². The minimum absolute atomic E-state index is 0. The van der Waals surface area contributed by atoms with Crippen molar-refractivity contribution in [2.75, 3.05) is 0 Å². The van der Waals surface area contributed by atoms with Crippen LogP contribution in [0.3, 0.4) is 0 Å². The summed E-state index contributed by atoms with van der Waals surface area (Å²) in [4.78, 5) is 11.9. The third kappa shape index (κ3) is 3.12. The molecule has 5 unspecified atom stereocenters. The molecule has 2 heterocycles. The Labute approximate surface area is 109 Å². The quantitative estimate of drug-likeness (QED) is 0.801. The van der Waals surface area contributed by atoms with Crippen molar-refractivity contribution >= 4 is 18.3 Å². The largest absolute Gasteiger partial charge is 0.373 e. The second-order valence-corrected chi connectivity index (χ2v) is 5.14. The van der Waals surface area contributed by atoms with Crippen LogP contribution in [0.4, 0.5) is 0 Å². The molecule has 0 aliphatic carbocycles. The maximum absolute atomic E-state index is 11.9. The lowest BCUT2D eigenvalue weighted by atomic mass is 9.94. The van der Waals surface area contributed by atoms with Gasteiger partial charge in [0.1, 0.15) is 0 Å². The minimum atomic E-state index is -0.385. The highest BCUT2D eigenvalue weighted by Gasteiger charge is 2.41. The predicted octanol–water partition coefficient (Wildman–Crippen LogP) is 1.22. The van der Waals surface area contributed by atoms with E-state index >= 15 is 0 Å². The Kier molecular flexibility index (Phi) is 5.22. The van der Waals surface area contributed by atoms with E-state index in [9.17, 15) is 4.79 Å². The summed E-state index contributed by atoms with van der Waals surface area (Å²) in [5.41, 5.74) is 5.89. The molecule has 0 aromatic rings. The smallest absolute Gasteiger partial charge is 0.237 e. The molecule has 3 N–H and O–H groups in total. The van der Waals surface area contributed by atoms with Gasteiger partial charge in [0.15, 0.2) is 0 Å². The highest BCUT2D eigenvalue weighted by Crippen LogP contribution is 2.34. The van der Waals surface area contributed by atoms with Crippen molar-refractivity contribution < 1.29 is 9.53 Å². The zero-order valence-corrected chi connectivity index (χ0v) is 11.3. The van der Waals surface area contributed by atoms with Gasteiger partial charge in [-0.05, 0) is 25.2 Å². The minimum Gasteiger partial charge on any atom is -0.373 e. The Balaban J connectivity index is 0.00000144. The summed E-state index contributed by atoms with van der Waals surface area (Å²) in [6, 6.07) is -0.189. The summed E-state index contributed by atoms with van der Waals surface area (Å²) in [5.74, 6) is 0.218. The van der Waals surface area contributed by atoms with E-state index in [0.29, 0.717) is 6.10 Å². The number of carbonyl (C=O) groups is 1. The predicted molar refractivity (Wildman–Crippen MR) is 69.1 cm³/mol. The second kappa shape index (κ2) is 6.03. The van der Waals surface area contributed by atoms with E-state index in [4.69, 9.17) is 10.5 Å². The monoisotopic (exact) mass is 262 g/mol. The Hall–Kier alpha value is -0.320. The zero-order chi connectivity index (χ0) is 11.7. The van der Waals surface area contributed by atoms with Crippen LogP contribution in [0.25, 0.3) is 0 Å². The van der Waals surface area contributed by atoms with Crippen LogP contribution in [0.1, 0.15) is 39.5 Å². The number of nitrogens with one attached hydrogen (secondary N) is 1. The first-order chi connectivity index (χ1) is 7.61. The highest BCUT2D eigenvalue weighted by molar-refractivity contribution is 5.85. The van der Waals surface area contributed by atoms with Gasteiger partial charge in [-0.15, -0.1) is 12.4 Å². The first-order valence-corrected chi connectivity index (χ1v) is 6.33. The van der Waals surface area contributed by atoms with E-state index in [1.165, 1.54) is 0 Å². The molecular weight excluding hydrogens is 240 g/mol. The molecule has 2 rings (SSSR count). The van der Waals surface area contributed by atoms with Crippen molar-refractivity contribution in [2.24, 2.45) is 11.7 Å². The van der Waals surface area contributed by atoms with Gasteiger partial charge in [-0.3, -0.25) is 4.79 Å². The van der Waals surface area contributed by atoms with E-state index in [1.807, 2.05) is 6.92 Å². The normalized spacial score (nSPS) is 33.9. The summed E-state index contributed by atoms with van der Waals surface area (Å²) in [6.07, 6.45) is 4.72. The van der Waals surface area contributed by atoms with Crippen LogP contribution >= 0.6 is 12.4 Å². The molecule has 0 aromatic heterocycles. The third-order valence-corrected chi connectivity index (χ3v) is 3.99. The summed E-state index contributed by atoms with van der Waals surface area (Å²) >= 11 is 0. The molecular formula is C12H23ClN2O2. The van der Waals surface area contributed by atoms with Crippen LogP contribution in [0.15, 0.2) is 0 Å². The van der Waals surface area contributed by atoms with Crippen LogP contribution in [-0.4, -0.2) is 30.2 Å². The second-order valence-electron chi connectivity index (χ2n) is 5.14. The fourth-order valence-electron chi connectivity index (χ4n) is 2.58. The van der Waals surface area contributed by atoms with Crippen molar-refractivity contribution in [1.29, 1.82) is 0 Å². The molecule has 0 saturated carbocycles. The van der Waals surface area contributed by atoms with E-state index in [1.54, 1.807) is 0 Å². The van der Waals surface area contributed by atoms with Gasteiger partial charge < -0.3 is 15.8 Å². The number of rotatable bonds is 4. The number of amides is 1. The zero-order valence-electron chi connectivity index (χ0n) is 10.5. The number of halogens is 1. The van der Waals surface area contributed by atoms with E-state index in [2.05, 4.69) is 12.2 Å². The molecule has 1 amide bonds.